The van der Waals surface area contributed by atoms with Crippen molar-refractivity contribution in [3.8, 4) is 22.7 Å². The number of halogens is 4. The van der Waals surface area contributed by atoms with E-state index in [4.69, 9.17) is 19.1 Å². The van der Waals surface area contributed by atoms with Crippen LogP contribution in [0.15, 0.2) is 47.7 Å². The van der Waals surface area contributed by atoms with Crippen molar-refractivity contribution in [1.82, 2.24) is 19.5 Å². The van der Waals surface area contributed by atoms with E-state index in [1.807, 2.05) is 0 Å². The summed E-state index contributed by atoms with van der Waals surface area (Å²) < 4.78 is 69.5. The molecule has 190 valence electrons. The van der Waals surface area contributed by atoms with Gasteiger partial charge in [0.05, 0.1) is 27.4 Å². The summed E-state index contributed by atoms with van der Waals surface area (Å²) in [5.41, 5.74) is -1.28. The normalized spacial score (nSPS) is 12.1. The summed E-state index contributed by atoms with van der Waals surface area (Å²) in [7, 11) is 1.09. The molecule has 0 aliphatic heterocycles. The number of methoxy groups -OCH3 is 1. The fourth-order valence-corrected chi connectivity index (χ4v) is 3.61. The first-order valence-corrected chi connectivity index (χ1v) is 10.9. The van der Waals surface area contributed by atoms with Gasteiger partial charge in [0, 0.05) is 35.8 Å². The first kappa shape index (κ1) is 23.2. The smallest absolute Gasteiger partial charge is 0.359 e. The van der Waals surface area contributed by atoms with E-state index in [-0.39, 0.29) is 22.6 Å². The van der Waals surface area contributed by atoms with Gasteiger partial charge in [0.1, 0.15) is 28.8 Å². The highest BCUT2D eigenvalue weighted by molar-refractivity contribution is 6.31. The Bertz CT molecular complexity index is 1680. The largest absolute Gasteiger partial charge is 0.485 e. The van der Waals surface area contributed by atoms with E-state index in [9.17, 15) is 18.4 Å². The molecule has 0 bridgehead atoms. The Morgan fingerprint density at radius 1 is 1.14 bits per heavy atom. The molecule has 0 atom stereocenters. The Kier molecular flexibility index (Phi) is 6.51. The maximum absolute atomic E-state index is 15.1. The standard InChI is InChI=1S/C25H18ClF3N4O4/c1-12-9-31-17(15-4-5-30-23(22(15)29)25(35)36-3)8-19(12)33-13(2)6-20(21(26)24(33)34)37-11-18-16(28)7-14(27)10-32-18/h4-10H,11H2,1-3H3/i11D2. The summed E-state index contributed by atoms with van der Waals surface area (Å²) in [6.45, 7) is 0.224. The van der Waals surface area contributed by atoms with Crippen molar-refractivity contribution in [1.29, 1.82) is 0 Å². The minimum Gasteiger partial charge on any atom is -0.485 e. The first-order chi connectivity index (χ1) is 18.4. The number of aromatic nitrogens is 4. The van der Waals surface area contributed by atoms with Crippen LogP contribution in [0.1, 0.15) is 30.2 Å². The van der Waals surface area contributed by atoms with E-state index in [0.717, 1.165) is 7.11 Å². The van der Waals surface area contributed by atoms with E-state index in [1.165, 1.54) is 42.1 Å². The van der Waals surface area contributed by atoms with Crippen LogP contribution in [0.25, 0.3) is 16.9 Å². The van der Waals surface area contributed by atoms with Gasteiger partial charge < -0.3 is 9.47 Å². The zero-order valence-electron chi connectivity index (χ0n) is 21.5. The van der Waals surface area contributed by atoms with Gasteiger partial charge in [-0.15, -0.1) is 0 Å². The predicted molar refractivity (Wildman–Crippen MR) is 127 cm³/mol. The minimum atomic E-state index is -2.91. The third-order valence-corrected chi connectivity index (χ3v) is 5.57. The summed E-state index contributed by atoms with van der Waals surface area (Å²) in [6, 6.07) is 4.38. The second kappa shape index (κ2) is 10.4. The van der Waals surface area contributed by atoms with Crippen LogP contribution < -0.4 is 10.3 Å². The molecule has 4 heterocycles. The number of aryl methyl sites for hydroxylation is 2. The lowest BCUT2D eigenvalue weighted by atomic mass is 10.1. The zero-order valence-corrected chi connectivity index (χ0v) is 20.2. The highest BCUT2D eigenvalue weighted by Crippen LogP contribution is 2.29. The number of nitrogens with zero attached hydrogens (tertiary/aromatic N) is 4. The van der Waals surface area contributed by atoms with Crippen LogP contribution in [-0.4, -0.2) is 32.6 Å². The third kappa shape index (κ3) is 5.03. The molecular weight excluding hydrogens is 513 g/mol. The number of hydrogen-bond donors (Lipinski definition) is 0. The molecule has 12 heteroatoms. The van der Waals surface area contributed by atoms with Crippen molar-refractivity contribution >= 4 is 17.6 Å². The van der Waals surface area contributed by atoms with Crippen LogP contribution in [-0.2, 0) is 11.3 Å². The highest BCUT2D eigenvalue weighted by atomic mass is 35.5. The molecule has 8 nitrogen and oxygen atoms in total. The Balaban J connectivity index is 1.80. The number of esters is 1. The molecule has 0 spiro atoms. The SMILES string of the molecule is [2H]C([2H])(Oc1cc(C)n(-c2cc(-c3ccnc(C(=O)OC)c3F)ncc2C)c(=O)c1Cl)c1ncc(F)cc1F. The number of ether oxygens (including phenoxy) is 2. The van der Waals surface area contributed by atoms with E-state index >= 15 is 4.39 Å². The number of rotatable bonds is 6. The van der Waals surface area contributed by atoms with Gasteiger partial charge >= 0.3 is 5.97 Å². The van der Waals surface area contributed by atoms with Gasteiger partial charge in [-0.3, -0.25) is 19.3 Å². The van der Waals surface area contributed by atoms with Gasteiger partial charge in [0.25, 0.3) is 5.56 Å². The molecule has 4 aromatic rings. The number of hydrogen-bond acceptors (Lipinski definition) is 7. The molecule has 0 N–H and O–H groups in total. The van der Waals surface area contributed by atoms with Gasteiger partial charge in [0.2, 0.25) is 0 Å². The molecule has 0 aliphatic rings. The van der Waals surface area contributed by atoms with Crippen LogP contribution in [0.3, 0.4) is 0 Å². The van der Waals surface area contributed by atoms with Gasteiger partial charge in [-0.25, -0.2) is 22.9 Å². The molecule has 37 heavy (non-hydrogen) atoms. The number of carbonyl (C=O) groups excluding carboxylic acids is 1. The van der Waals surface area contributed by atoms with Crippen LogP contribution >= 0.6 is 11.6 Å². The van der Waals surface area contributed by atoms with Crippen molar-refractivity contribution in [3.05, 3.63) is 98.3 Å². The van der Waals surface area contributed by atoms with Crippen molar-refractivity contribution < 1.29 is 30.2 Å². The second-order valence-corrected chi connectivity index (χ2v) is 8.04. The fourth-order valence-electron chi connectivity index (χ4n) is 3.43. The van der Waals surface area contributed by atoms with E-state index < -0.39 is 57.7 Å². The summed E-state index contributed by atoms with van der Waals surface area (Å²) in [5.74, 6) is -4.67. The quantitative estimate of drug-likeness (QED) is 0.331. The van der Waals surface area contributed by atoms with Crippen LogP contribution in [0, 0.1) is 31.3 Å². The topological polar surface area (TPSA) is 96.2 Å². The van der Waals surface area contributed by atoms with E-state index in [2.05, 4.69) is 19.7 Å². The van der Waals surface area contributed by atoms with Crippen molar-refractivity contribution in [2.75, 3.05) is 7.11 Å². The van der Waals surface area contributed by atoms with Crippen molar-refractivity contribution in [2.24, 2.45) is 0 Å². The van der Waals surface area contributed by atoms with Crippen molar-refractivity contribution in [3.63, 3.8) is 0 Å². The molecule has 0 radical (unpaired) electrons. The van der Waals surface area contributed by atoms with Gasteiger partial charge in [0.15, 0.2) is 17.3 Å². The van der Waals surface area contributed by atoms with Gasteiger partial charge in [-0.1, -0.05) is 11.6 Å². The summed E-state index contributed by atoms with van der Waals surface area (Å²) in [4.78, 5) is 36.5. The molecule has 0 unspecified atom stereocenters. The van der Waals surface area contributed by atoms with Crippen LogP contribution in [0.5, 0.6) is 5.75 Å². The minimum absolute atomic E-state index is 0.0672. The lowest BCUT2D eigenvalue weighted by Crippen LogP contribution is -2.23. The Hall–Kier alpha value is -4.25. The summed E-state index contributed by atoms with van der Waals surface area (Å²) >= 11 is 6.25. The fraction of sp³-hybridized carbons (Fsp3) is 0.160. The van der Waals surface area contributed by atoms with E-state index in [1.54, 1.807) is 6.92 Å². The Labute approximate surface area is 216 Å². The first-order valence-electron chi connectivity index (χ1n) is 11.5. The Morgan fingerprint density at radius 2 is 1.89 bits per heavy atom. The predicted octanol–water partition coefficient (Wildman–Crippen LogP) is 4.74. The monoisotopic (exact) mass is 532 g/mol. The molecule has 4 rings (SSSR count). The Morgan fingerprint density at radius 3 is 2.59 bits per heavy atom. The molecule has 0 saturated carbocycles. The average molecular weight is 533 g/mol. The third-order valence-electron chi connectivity index (χ3n) is 5.22. The highest BCUT2D eigenvalue weighted by Gasteiger charge is 2.21. The second-order valence-electron chi connectivity index (χ2n) is 7.66. The van der Waals surface area contributed by atoms with Crippen LogP contribution in [0.2, 0.25) is 5.02 Å². The zero-order chi connectivity index (χ0) is 28.6. The summed E-state index contributed by atoms with van der Waals surface area (Å²) in [5, 5.41) is -0.548. The van der Waals surface area contributed by atoms with Crippen LogP contribution in [0.4, 0.5) is 13.2 Å². The molecule has 4 aromatic heterocycles. The number of carbonyl (C=O) groups is 1. The molecule has 0 saturated heterocycles. The van der Waals surface area contributed by atoms with Crippen molar-refractivity contribution in [2.45, 2.75) is 20.4 Å². The molecule has 0 fully saturated rings. The molecule has 0 amide bonds. The van der Waals surface area contributed by atoms with Gasteiger partial charge in [-0.2, -0.15) is 0 Å². The molecule has 0 aromatic carbocycles. The molecule has 0 aliphatic carbocycles. The van der Waals surface area contributed by atoms with E-state index in [0.29, 0.717) is 17.8 Å². The molecular formula is C25H18ClF3N4O4. The van der Waals surface area contributed by atoms with Gasteiger partial charge in [-0.05, 0) is 31.5 Å². The lowest BCUT2D eigenvalue weighted by molar-refractivity contribution is 0.0588. The lowest BCUT2D eigenvalue weighted by Gasteiger charge is -2.17. The average Bonchev–Trinajstić information content (AvgIpc) is 2.87. The maximum Gasteiger partial charge on any atom is 0.359 e. The summed E-state index contributed by atoms with van der Waals surface area (Å²) in [6.07, 6.45) is 3.21. The maximum atomic E-state index is 15.1. The number of pyridine rings is 4.